The Morgan fingerprint density at radius 3 is 1.12 bits per heavy atom. The van der Waals surface area contributed by atoms with Gasteiger partial charge in [0.25, 0.3) is 0 Å². The molecule has 0 radical (unpaired) electrons. The molecule has 0 unspecified atom stereocenters. The Morgan fingerprint density at radius 2 is 0.781 bits per heavy atom. The van der Waals surface area contributed by atoms with Gasteiger partial charge in [-0.1, -0.05) is 0 Å². The first-order valence-corrected chi connectivity index (χ1v) is 17.2. The summed E-state index contributed by atoms with van der Waals surface area (Å²) in [5.74, 6) is 0. The molecule has 186 valence electrons. The van der Waals surface area contributed by atoms with Crippen LogP contribution in [-0.4, -0.2) is 120 Å². The number of benzene rings is 1. The zero-order valence-corrected chi connectivity index (χ0v) is 25.2. The van der Waals surface area contributed by atoms with Crippen molar-refractivity contribution in [1.82, 2.24) is 0 Å². The summed E-state index contributed by atoms with van der Waals surface area (Å²) < 4.78 is 36.0. The maximum atomic E-state index is 5.70. The van der Waals surface area contributed by atoms with E-state index in [0.717, 1.165) is 47.7 Å². The molecule has 0 atom stereocenters. The Labute approximate surface area is 222 Å². The summed E-state index contributed by atoms with van der Waals surface area (Å²) in [6.45, 7) is 8.08. The van der Waals surface area contributed by atoms with Crippen molar-refractivity contribution < 1.29 is 28.4 Å². The fraction of sp³-hybridized carbons (Fsp3) is 0.727. The van der Waals surface area contributed by atoms with Crippen molar-refractivity contribution >= 4 is 70.7 Å². The van der Waals surface area contributed by atoms with Crippen LogP contribution < -0.4 is 8.92 Å². The molecule has 0 saturated heterocycles. The van der Waals surface area contributed by atoms with Gasteiger partial charge in [-0.25, -0.2) is 0 Å². The second kappa shape index (κ2) is 25.1. The zero-order chi connectivity index (χ0) is 23.0. The van der Waals surface area contributed by atoms with Crippen LogP contribution in [0, 0.1) is 0 Å². The SMILES string of the molecule is BrCCOCCOCCOCC[Se]c1ccccc1[Se]CCOCCOCCOCCBr. The quantitative estimate of drug-likeness (QED) is 0.0930. The average molecular weight is 714 g/mol. The molecule has 0 fully saturated rings. The molecule has 0 aromatic heterocycles. The van der Waals surface area contributed by atoms with Gasteiger partial charge >= 0.3 is 224 Å². The van der Waals surface area contributed by atoms with E-state index in [2.05, 4.69) is 56.1 Å². The van der Waals surface area contributed by atoms with Crippen LogP contribution in [-0.2, 0) is 28.4 Å². The molecule has 0 aliphatic heterocycles. The van der Waals surface area contributed by atoms with E-state index < -0.39 is 0 Å². The molecule has 0 N–H and O–H groups in total. The van der Waals surface area contributed by atoms with Crippen molar-refractivity contribution in [1.29, 1.82) is 0 Å². The van der Waals surface area contributed by atoms with Crippen LogP contribution in [0.5, 0.6) is 0 Å². The molecular weight excluding hydrogens is 678 g/mol. The van der Waals surface area contributed by atoms with Crippen LogP contribution >= 0.6 is 31.9 Å². The topological polar surface area (TPSA) is 55.4 Å². The monoisotopic (exact) mass is 714 g/mol. The van der Waals surface area contributed by atoms with E-state index in [1.165, 1.54) is 8.92 Å². The molecule has 1 aromatic carbocycles. The van der Waals surface area contributed by atoms with E-state index in [9.17, 15) is 0 Å². The van der Waals surface area contributed by atoms with Crippen molar-refractivity contribution in [2.75, 3.05) is 89.9 Å². The summed E-state index contributed by atoms with van der Waals surface area (Å²) >= 11 is 7.53. The normalized spacial score (nSPS) is 11.3. The second-order valence-electron chi connectivity index (χ2n) is 6.20. The van der Waals surface area contributed by atoms with Crippen molar-refractivity contribution in [3.8, 4) is 0 Å². The summed E-state index contributed by atoms with van der Waals surface area (Å²) in [5, 5.41) is 3.89. The maximum absolute atomic E-state index is 5.70. The van der Waals surface area contributed by atoms with Gasteiger partial charge in [-0.3, -0.25) is 0 Å². The van der Waals surface area contributed by atoms with Gasteiger partial charge in [0, 0.05) is 0 Å². The van der Waals surface area contributed by atoms with Gasteiger partial charge in [-0.05, 0) is 0 Å². The molecule has 0 bridgehead atoms. The van der Waals surface area contributed by atoms with Crippen LogP contribution in [0.4, 0.5) is 0 Å². The van der Waals surface area contributed by atoms with Gasteiger partial charge in [-0.15, -0.1) is 0 Å². The van der Waals surface area contributed by atoms with Gasteiger partial charge < -0.3 is 0 Å². The molecule has 0 aliphatic carbocycles. The van der Waals surface area contributed by atoms with E-state index in [1.54, 1.807) is 0 Å². The molecule has 32 heavy (non-hydrogen) atoms. The van der Waals surface area contributed by atoms with Gasteiger partial charge in [-0.2, -0.15) is 0 Å². The second-order valence-corrected chi connectivity index (χ2v) is 12.6. The molecule has 0 saturated carbocycles. The third-order valence-electron chi connectivity index (χ3n) is 3.75. The van der Waals surface area contributed by atoms with Crippen LogP contribution in [0.3, 0.4) is 0 Å². The predicted molar refractivity (Wildman–Crippen MR) is 139 cm³/mol. The van der Waals surface area contributed by atoms with Crippen LogP contribution in [0.2, 0.25) is 10.6 Å². The molecule has 0 spiro atoms. The van der Waals surface area contributed by atoms with Crippen LogP contribution in [0.15, 0.2) is 24.3 Å². The molecule has 10 heteroatoms. The molecule has 0 amide bonds. The number of hydrogen-bond donors (Lipinski definition) is 0. The van der Waals surface area contributed by atoms with Gasteiger partial charge in [0.15, 0.2) is 0 Å². The third-order valence-corrected chi connectivity index (χ3v) is 9.41. The van der Waals surface area contributed by atoms with Gasteiger partial charge in [0.05, 0.1) is 0 Å². The molecule has 6 nitrogen and oxygen atoms in total. The van der Waals surface area contributed by atoms with Crippen LogP contribution in [0.1, 0.15) is 0 Å². The third kappa shape index (κ3) is 19.3. The van der Waals surface area contributed by atoms with E-state index >= 15 is 0 Å². The molecule has 1 rings (SSSR count). The summed E-state index contributed by atoms with van der Waals surface area (Å²) in [5.41, 5.74) is 0. The van der Waals surface area contributed by atoms with Crippen molar-refractivity contribution in [2.45, 2.75) is 10.6 Å². The zero-order valence-electron chi connectivity index (χ0n) is 18.6. The van der Waals surface area contributed by atoms with Crippen LogP contribution in [0.25, 0.3) is 0 Å². The van der Waals surface area contributed by atoms with E-state index in [-0.39, 0.29) is 0 Å². The number of rotatable bonds is 24. The van der Waals surface area contributed by atoms with Gasteiger partial charge in [0.2, 0.25) is 0 Å². The Hall–Kier alpha value is 0.979. The Balaban J connectivity index is 1.99. The van der Waals surface area contributed by atoms with Crippen molar-refractivity contribution in [3.05, 3.63) is 24.3 Å². The molecular formula is C22H36Br2O6Se2. The number of ether oxygens (including phenoxy) is 6. The number of hydrogen-bond acceptors (Lipinski definition) is 6. The summed E-state index contributed by atoms with van der Waals surface area (Å²) in [6, 6.07) is 8.80. The minimum absolute atomic E-state index is 0.439. The molecule has 0 aliphatic rings. The fourth-order valence-electron chi connectivity index (χ4n) is 2.30. The van der Waals surface area contributed by atoms with E-state index in [0.29, 0.717) is 82.8 Å². The van der Waals surface area contributed by atoms with Crippen molar-refractivity contribution in [3.63, 3.8) is 0 Å². The standard InChI is InChI=1S/C22H36Br2O6Se2/c23-5-7-25-9-11-27-13-15-29-17-19-31-21-3-1-2-4-22(21)32-20-18-30-16-14-28-12-10-26-8-6-24/h1-4H,5-20H2. The van der Waals surface area contributed by atoms with Gasteiger partial charge in [0.1, 0.15) is 0 Å². The summed E-state index contributed by atoms with van der Waals surface area (Å²) in [7, 11) is 0. The summed E-state index contributed by atoms with van der Waals surface area (Å²) in [6.07, 6.45) is 0. The van der Waals surface area contributed by atoms with Crippen molar-refractivity contribution in [2.24, 2.45) is 0 Å². The Bertz CT molecular complexity index is 486. The first kappa shape index (κ1) is 31.0. The summed E-state index contributed by atoms with van der Waals surface area (Å²) in [4.78, 5) is 0. The molecule has 0 heterocycles. The average Bonchev–Trinajstić information content (AvgIpc) is 2.81. The number of halogens is 2. The first-order valence-electron chi connectivity index (χ1n) is 10.8. The van der Waals surface area contributed by atoms with E-state index in [4.69, 9.17) is 28.4 Å². The fourth-order valence-corrected chi connectivity index (χ4v) is 7.43. The van der Waals surface area contributed by atoms with E-state index in [1.807, 2.05) is 0 Å². The Kier molecular flexibility index (Phi) is 24.3. The Morgan fingerprint density at radius 1 is 0.469 bits per heavy atom. The molecule has 1 aromatic rings. The first-order chi connectivity index (χ1) is 15.9. The predicted octanol–water partition coefficient (Wildman–Crippen LogP) is 2.07. The minimum atomic E-state index is 0.439. The number of alkyl halides is 2.